The maximum atomic E-state index is 6.38. The molecule has 0 bridgehead atoms. The van der Waals surface area contributed by atoms with E-state index in [0.717, 1.165) is 16.3 Å². The van der Waals surface area contributed by atoms with E-state index in [4.69, 9.17) is 23.2 Å². The van der Waals surface area contributed by atoms with Gasteiger partial charge in [-0.1, -0.05) is 29.3 Å². The van der Waals surface area contributed by atoms with Gasteiger partial charge in [-0.15, -0.1) is 11.3 Å². The van der Waals surface area contributed by atoms with Gasteiger partial charge in [0.2, 0.25) is 0 Å². The smallest absolute Gasteiger partial charge is 0.115 e. The molecule has 1 N–H and O–H groups in total. The first-order chi connectivity index (χ1) is 9.56. The molecule has 1 aliphatic carbocycles. The Labute approximate surface area is 133 Å². The van der Waals surface area contributed by atoms with E-state index in [1.165, 1.54) is 17.7 Å². The molecule has 3 rings (SSSR count). The highest BCUT2D eigenvalue weighted by molar-refractivity contribution is 7.11. The topological polar surface area (TPSA) is 24.9 Å². The van der Waals surface area contributed by atoms with Gasteiger partial charge in [-0.3, -0.25) is 0 Å². The van der Waals surface area contributed by atoms with Gasteiger partial charge < -0.3 is 5.32 Å². The van der Waals surface area contributed by atoms with Gasteiger partial charge in [0.05, 0.1) is 11.7 Å². The van der Waals surface area contributed by atoms with Gasteiger partial charge in [0.25, 0.3) is 0 Å². The van der Waals surface area contributed by atoms with Crippen LogP contribution in [0.15, 0.2) is 18.2 Å². The Bertz CT molecular complexity index is 595. The third-order valence-electron chi connectivity index (χ3n) is 3.56. The molecule has 2 aromatic rings. The molecule has 1 heterocycles. The fourth-order valence-electron chi connectivity index (χ4n) is 2.17. The van der Waals surface area contributed by atoms with Crippen LogP contribution in [0, 0.1) is 13.8 Å². The largest absolute Gasteiger partial charge is 0.301 e. The molecular weight excluding hydrogens is 311 g/mol. The van der Waals surface area contributed by atoms with Crippen LogP contribution in [-0.4, -0.2) is 11.0 Å². The summed E-state index contributed by atoms with van der Waals surface area (Å²) in [6.07, 6.45) is 2.42. The van der Waals surface area contributed by atoms with Crippen molar-refractivity contribution in [1.29, 1.82) is 0 Å². The second-order valence-electron chi connectivity index (χ2n) is 5.20. The maximum absolute atomic E-state index is 6.38. The minimum atomic E-state index is -0.0129. The molecule has 1 aromatic carbocycles. The Balaban J connectivity index is 2.05. The van der Waals surface area contributed by atoms with Crippen LogP contribution in [0.3, 0.4) is 0 Å². The highest BCUT2D eigenvalue weighted by Gasteiger charge is 2.30. The van der Waals surface area contributed by atoms with Gasteiger partial charge in [0.15, 0.2) is 0 Å². The van der Waals surface area contributed by atoms with Crippen molar-refractivity contribution in [2.45, 2.75) is 38.8 Å². The SMILES string of the molecule is Cc1nc(C(NC2CC2)c2c(Cl)cccc2Cl)sc1C. The van der Waals surface area contributed by atoms with Crippen molar-refractivity contribution in [1.82, 2.24) is 10.3 Å². The summed E-state index contributed by atoms with van der Waals surface area (Å²) in [6.45, 7) is 4.14. The number of halogens is 2. The number of benzene rings is 1. The second kappa shape index (κ2) is 5.64. The van der Waals surface area contributed by atoms with Crippen molar-refractivity contribution in [2.75, 3.05) is 0 Å². The molecule has 106 valence electrons. The van der Waals surface area contributed by atoms with Crippen LogP contribution >= 0.6 is 34.5 Å². The molecule has 0 radical (unpaired) electrons. The zero-order chi connectivity index (χ0) is 14.3. The minimum absolute atomic E-state index is 0.0129. The standard InChI is InChI=1S/C15H16Cl2N2S/c1-8-9(2)20-15(18-8)14(19-10-6-7-10)13-11(16)4-3-5-12(13)17/h3-5,10,14,19H,6-7H2,1-2H3. The predicted octanol–water partition coefficient (Wildman–Crippen LogP) is 4.91. The lowest BCUT2D eigenvalue weighted by Gasteiger charge is -2.19. The molecule has 0 aliphatic heterocycles. The molecule has 0 amide bonds. The van der Waals surface area contributed by atoms with E-state index >= 15 is 0 Å². The van der Waals surface area contributed by atoms with E-state index in [9.17, 15) is 0 Å². The van der Waals surface area contributed by atoms with Gasteiger partial charge in [0.1, 0.15) is 5.01 Å². The number of aromatic nitrogens is 1. The Morgan fingerprint density at radius 1 is 1.25 bits per heavy atom. The summed E-state index contributed by atoms with van der Waals surface area (Å²) < 4.78 is 0. The van der Waals surface area contributed by atoms with Crippen molar-refractivity contribution in [2.24, 2.45) is 0 Å². The molecule has 1 aromatic heterocycles. The van der Waals surface area contributed by atoms with E-state index in [1.807, 2.05) is 25.1 Å². The lowest BCUT2D eigenvalue weighted by Crippen LogP contribution is -2.25. The molecular formula is C15H16Cl2N2S. The lowest BCUT2D eigenvalue weighted by molar-refractivity contribution is 0.597. The number of hydrogen-bond donors (Lipinski definition) is 1. The zero-order valence-corrected chi connectivity index (χ0v) is 13.7. The van der Waals surface area contributed by atoms with E-state index in [0.29, 0.717) is 16.1 Å². The monoisotopic (exact) mass is 326 g/mol. The third kappa shape index (κ3) is 2.86. The van der Waals surface area contributed by atoms with Gasteiger partial charge in [-0.25, -0.2) is 4.98 Å². The first-order valence-electron chi connectivity index (χ1n) is 6.70. The third-order valence-corrected chi connectivity index (χ3v) is 5.36. The summed E-state index contributed by atoms with van der Waals surface area (Å²) in [5.41, 5.74) is 2.02. The molecule has 1 aliphatic rings. The van der Waals surface area contributed by atoms with Crippen LogP contribution in [0.4, 0.5) is 0 Å². The van der Waals surface area contributed by atoms with Crippen LogP contribution in [0.2, 0.25) is 10.0 Å². The number of thiazole rings is 1. The fraction of sp³-hybridized carbons (Fsp3) is 0.400. The Kier molecular flexibility index (Phi) is 4.04. The normalized spacial score (nSPS) is 16.4. The van der Waals surface area contributed by atoms with E-state index in [2.05, 4.69) is 17.2 Å². The van der Waals surface area contributed by atoms with Crippen LogP contribution < -0.4 is 5.32 Å². The highest BCUT2D eigenvalue weighted by atomic mass is 35.5. The summed E-state index contributed by atoms with van der Waals surface area (Å²) in [5, 5.41) is 6.06. The van der Waals surface area contributed by atoms with Crippen molar-refractivity contribution >= 4 is 34.5 Å². The first kappa shape index (κ1) is 14.3. The van der Waals surface area contributed by atoms with Gasteiger partial charge >= 0.3 is 0 Å². The minimum Gasteiger partial charge on any atom is -0.301 e. The highest BCUT2D eigenvalue weighted by Crippen LogP contribution is 2.38. The molecule has 0 saturated heterocycles. The average Bonchev–Trinajstić information content (AvgIpc) is 3.14. The second-order valence-corrected chi connectivity index (χ2v) is 7.25. The van der Waals surface area contributed by atoms with Crippen molar-refractivity contribution < 1.29 is 0 Å². The van der Waals surface area contributed by atoms with Crippen LogP contribution in [0.1, 0.15) is 40.0 Å². The summed E-state index contributed by atoms with van der Waals surface area (Å²) in [7, 11) is 0. The fourth-order valence-corrected chi connectivity index (χ4v) is 3.78. The quantitative estimate of drug-likeness (QED) is 0.863. The van der Waals surface area contributed by atoms with E-state index < -0.39 is 0 Å². The summed E-state index contributed by atoms with van der Waals surface area (Å²) in [6, 6.07) is 6.19. The molecule has 2 nitrogen and oxygen atoms in total. The lowest BCUT2D eigenvalue weighted by atomic mass is 10.1. The Hall–Kier alpha value is -0.610. The molecule has 0 spiro atoms. The molecule has 1 unspecified atom stereocenters. The van der Waals surface area contributed by atoms with Gasteiger partial charge in [0, 0.05) is 26.5 Å². The van der Waals surface area contributed by atoms with Crippen molar-refractivity contribution in [3.8, 4) is 0 Å². The zero-order valence-electron chi connectivity index (χ0n) is 11.4. The first-order valence-corrected chi connectivity index (χ1v) is 8.27. The summed E-state index contributed by atoms with van der Waals surface area (Å²) in [5.74, 6) is 0. The molecule has 5 heteroatoms. The average molecular weight is 327 g/mol. The van der Waals surface area contributed by atoms with Gasteiger partial charge in [-0.2, -0.15) is 0 Å². The number of nitrogens with one attached hydrogen (secondary N) is 1. The molecule has 1 atom stereocenters. The molecule has 1 fully saturated rings. The van der Waals surface area contributed by atoms with Crippen molar-refractivity contribution in [3.63, 3.8) is 0 Å². The number of hydrogen-bond acceptors (Lipinski definition) is 3. The van der Waals surface area contributed by atoms with Crippen LogP contribution in [0.5, 0.6) is 0 Å². The molecule has 1 saturated carbocycles. The van der Waals surface area contributed by atoms with E-state index in [-0.39, 0.29) is 6.04 Å². The number of aryl methyl sites for hydroxylation is 2. The number of rotatable bonds is 4. The number of nitrogens with zero attached hydrogens (tertiary/aromatic N) is 1. The Morgan fingerprint density at radius 3 is 2.40 bits per heavy atom. The summed E-state index contributed by atoms with van der Waals surface area (Å²) in [4.78, 5) is 5.93. The van der Waals surface area contributed by atoms with Crippen LogP contribution in [-0.2, 0) is 0 Å². The predicted molar refractivity (Wildman–Crippen MR) is 86.1 cm³/mol. The summed E-state index contributed by atoms with van der Waals surface area (Å²) >= 11 is 14.5. The van der Waals surface area contributed by atoms with Crippen LogP contribution in [0.25, 0.3) is 0 Å². The molecule has 20 heavy (non-hydrogen) atoms. The van der Waals surface area contributed by atoms with E-state index in [1.54, 1.807) is 11.3 Å². The van der Waals surface area contributed by atoms with Crippen molar-refractivity contribution in [3.05, 3.63) is 49.4 Å². The Morgan fingerprint density at radius 2 is 1.90 bits per heavy atom. The van der Waals surface area contributed by atoms with Gasteiger partial charge in [-0.05, 0) is 38.8 Å². The maximum Gasteiger partial charge on any atom is 0.115 e.